The zero-order valence-corrected chi connectivity index (χ0v) is 14.9. The molecule has 2 aromatic rings. The van der Waals surface area contributed by atoms with Gasteiger partial charge < -0.3 is 14.5 Å². The van der Waals surface area contributed by atoms with E-state index in [9.17, 15) is 9.59 Å². The Hall–Kier alpha value is -2.25. The van der Waals surface area contributed by atoms with Crippen LogP contribution in [0.5, 0.6) is 0 Å². The van der Waals surface area contributed by atoms with Crippen LogP contribution in [0, 0.1) is 0 Å². The largest absolute Gasteiger partial charge is 0.383 e. The van der Waals surface area contributed by atoms with Crippen LogP contribution in [0.25, 0.3) is 0 Å². The highest BCUT2D eigenvalue weighted by Gasteiger charge is 2.39. The molecular formula is C18H21N3O3S. The number of amides is 2. The molecule has 1 aromatic carbocycles. The summed E-state index contributed by atoms with van der Waals surface area (Å²) in [5.74, 6) is -0.0601. The first-order valence-electron chi connectivity index (χ1n) is 8.17. The van der Waals surface area contributed by atoms with Crippen LogP contribution in [-0.4, -0.2) is 59.4 Å². The van der Waals surface area contributed by atoms with Crippen molar-refractivity contribution in [2.75, 3.05) is 26.8 Å². The first kappa shape index (κ1) is 17.6. The van der Waals surface area contributed by atoms with Gasteiger partial charge in [-0.15, -0.1) is 11.3 Å². The Balaban J connectivity index is 1.83. The van der Waals surface area contributed by atoms with Crippen molar-refractivity contribution >= 4 is 23.2 Å². The van der Waals surface area contributed by atoms with Crippen LogP contribution in [0.15, 0.2) is 42.0 Å². The number of hydrogen-bond acceptors (Lipinski definition) is 5. The number of aromatic nitrogens is 1. The number of hydrogen-bond donors (Lipinski definition) is 0. The maximum absolute atomic E-state index is 13.0. The van der Waals surface area contributed by atoms with E-state index in [-0.39, 0.29) is 18.4 Å². The molecule has 0 unspecified atom stereocenters. The van der Waals surface area contributed by atoms with Gasteiger partial charge in [-0.2, -0.15) is 0 Å². The summed E-state index contributed by atoms with van der Waals surface area (Å²) in [5.41, 5.74) is 2.78. The van der Waals surface area contributed by atoms with Gasteiger partial charge in [0, 0.05) is 31.1 Å². The maximum Gasteiger partial charge on any atom is 0.246 e. The molecule has 1 fully saturated rings. The third-order valence-corrected chi connectivity index (χ3v) is 5.03. The zero-order chi connectivity index (χ0) is 17.6. The van der Waals surface area contributed by atoms with Gasteiger partial charge in [0.05, 0.1) is 25.2 Å². The Bertz CT molecular complexity index is 706. The van der Waals surface area contributed by atoms with Crippen molar-refractivity contribution < 1.29 is 14.3 Å². The number of methoxy groups -OCH3 is 1. The lowest BCUT2D eigenvalue weighted by Gasteiger charge is -2.40. The van der Waals surface area contributed by atoms with E-state index < -0.39 is 6.04 Å². The van der Waals surface area contributed by atoms with Crippen molar-refractivity contribution in [3.8, 4) is 0 Å². The average Bonchev–Trinajstić information content (AvgIpc) is 3.14. The Labute approximate surface area is 151 Å². The van der Waals surface area contributed by atoms with Crippen LogP contribution in [0.2, 0.25) is 0 Å². The van der Waals surface area contributed by atoms with E-state index in [1.165, 1.54) is 11.3 Å². The summed E-state index contributed by atoms with van der Waals surface area (Å²) in [6.45, 7) is 1.38. The number of carbonyl (C=O) groups excluding carboxylic acids is 2. The van der Waals surface area contributed by atoms with Crippen molar-refractivity contribution in [1.29, 1.82) is 0 Å². The van der Waals surface area contributed by atoms with E-state index in [4.69, 9.17) is 4.74 Å². The van der Waals surface area contributed by atoms with Gasteiger partial charge in [0.2, 0.25) is 11.8 Å². The second-order valence-corrected chi connectivity index (χ2v) is 6.92. The molecule has 0 aliphatic carbocycles. The number of rotatable bonds is 7. The molecule has 3 rings (SSSR count). The van der Waals surface area contributed by atoms with Crippen molar-refractivity contribution in [3.63, 3.8) is 0 Å². The summed E-state index contributed by atoms with van der Waals surface area (Å²) < 4.78 is 5.07. The monoisotopic (exact) mass is 359 g/mol. The van der Waals surface area contributed by atoms with Gasteiger partial charge in [-0.1, -0.05) is 30.3 Å². The minimum Gasteiger partial charge on any atom is -0.383 e. The van der Waals surface area contributed by atoms with Crippen LogP contribution < -0.4 is 0 Å². The zero-order valence-electron chi connectivity index (χ0n) is 14.1. The lowest BCUT2D eigenvalue weighted by atomic mass is 10.0. The second kappa shape index (κ2) is 8.22. The fraction of sp³-hybridized carbons (Fsp3) is 0.389. The third-order valence-electron chi connectivity index (χ3n) is 4.27. The van der Waals surface area contributed by atoms with E-state index in [2.05, 4.69) is 4.98 Å². The van der Waals surface area contributed by atoms with Crippen molar-refractivity contribution in [2.45, 2.75) is 19.0 Å². The highest BCUT2D eigenvalue weighted by molar-refractivity contribution is 7.09. The van der Waals surface area contributed by atoms with Crippen LogP contribution in [0.3, 0.4) is 0 Å². The van der Waals surface area contributed by atoms with E-state index in [1.54, 1.807) is 28.6 Å². The van der Waals surface area contributed by atoms with Crippen molar-refractivity contribution in [1.82, 2.24) is 14.8 Å². The number of thiazole rings is 1. The topological polar surface area (TPSA) is 62.7 Å². The van der Waals surface area contributed by atoms with Crippen LogP contribution in [-0.2, 0) is 27.3 Å². The molecule has 0 spiro atoms. The van der Waals surface area contributed by atoms with Crippen molar-refractivity contribution in [3.05, 3.63) is 52.5 Å². The SMILES string of the molecule is COCCN1CC(=O)N(Cc2cncs2)[C@H](Cc2ccccc2)C1=O. The van der Waals surface area contributed by atoms with Crippen LogP contribution >= 0.6 is 11.3 Å². The number of piperazine rings is 1. The Morgan fingerprint density at radius 1 is 1.28 bits per heavy atom. The Morgan fingerprint density at radius 3 is 2.76 bits per heavy atom. The number of carbonyl (C=O) groups is 2. The molecule has 6 nitrogen and oxygen atoms in total. The van der Waals surface area contributed by atoms with E-state index in [0.29, 0.717) is 26.1 Å². The normalized spacial score (nSPS) is 18.0. The van der Waals surface area contributed by atoms with E-state index in [0.717, 1.165) is 10.4 Å². The van der Waals surface area contributed by atoms with E-state index >= 15 is 0 Å². The lowest BCUT2D eigenvalue weighted by molar-refractivity contribution is -0.157. The van der Waals surface area contributed by atoms with Gasteiger partial charge in [0.1, 0.15) is 6.04 Å². The fourth-order valence-electron chi connectivity index (χ4n) is 2.96. The molecule has 25 heavy (non-hydrogen) atoms. The van der Waals surface area contributed by atoms with Gasteiger partial charge >= 0.3 is 0 Å². The molecule has 1 aliphatic rings. The highest BCUT2D eigenvalue weighted by Crippen LogP contribution is 2.21. The van der Waals surface area contributed by atoms with Gasteiger partial charge in [-0.3, -0.25) is 14.6 Å². The Kier molecular flexibility index (Phi) is 5.78. The molecule has 1 aliphatic heterocycles. The van der Waals surface area contributed by atoms with E-state index in [1.807, 2.05) is 30.3 Å². The summed E-state index contributed by atoms with van der Waals surface area (Å²) >= 11 is 1.49. The fourth-order valence-corrected chi connectivity index (χ4v) is 3.55. The molecule has 0 bridgehead atoms. The molecule has 0 radical (unpaired) electrons. The van der Waals surface area contributed by atoms with Gasteiger partial charge in [-0.25, -0.2) is 0 Å². The summed E-state index contributed by atoms with van der Waals surface area (Å²) in [4.78, 5) is 34.0. The number of benzene rings is 1. The molecule has 1 atom stereocenters. The van der Waals surface area contributed by atoms with Gasteiger partial charge in [0.15, 0.2) is 0 Å². The van der Waals surface area contributed by atoms with Gasteiger partial charge in [0.25, 0.3) is 0 Å². The summed E-state index contributed by atoms with van der Waals surface area (Å²) in [7, 11) is 1.59. The first-order valence-corrected chi connectivity index (χ1v) is 9.05. The quantitative estimate of drug-likeness (QED) is 0.753. The molecular weight excluding hydrogens is 338 g/mol. The molecule has 1 aromatic heterocycles. The van der Waals surface area contributed by atoms with Crippen LogP contribution in [0.1, 0.15) is 10.4 Å². The number of ether oxygens (including phenoxy) is 1. The smallest absolute Gasteiger partial charge is 0.246 e. The number of nitrogens with zero attached hydrogens (tertiary/aromatic N) is 3. The Morgan fingerprint density at radius 2 is 2.08 bits per heavy atom. The molecule has 0 N–H and O–H groups in total. The molecule has 2 heterocycles. The third kappa shape index (κ3) is 4.24. The second-order valence-electron chi connectivity index (χ2n) is 5.95. The molecule has 2 amide bonds. The lowest BCUT2D eigenvalue weighted by Crippen LogP contribution is -2.60. The predicted molar refractivity (Wildman–Crippen MR) is 95.1 cm³/mol. The summed E-state index contributed by atoms with van der Waals surface area (Å²) in [6.07, 6.45) is 2.26. The predicted octanol–water partition coefficient (Wildman–Crippen LogP) is 1.57. The maximum atomic E-state index is 13.0. The first-order chi connectivity index (χ1) is 12.2. The molecule has 132 valence electrons. The van der Waals surface area contributed by atoms with Crippen LogP contribution in [0.4, 0.5) is 0 Å². The molecule has 7 heteroatoms. The standard InChI is InChI=1S/C18H21N3O3S/c1-24-8-7-20-12-17(22)21(11-15-10-19-13-25-15)16(18(20)23)9-14-5-3-2-4-6-14/h2-6,10,13,16H,7-9,11-12H2,1H3/t16-/m1/s1. The summed E-state index contributed by atoms with van der Waals surface area (Å²) in [6, 6.07) is 9.30. The van der Waals surface area contributed by atoms with Crippen molar-refractivity contribution in [2.24, 2.45) is 0 Å². The molecule has 0 saturated carbocycles. The average molecular weight is 359 g/mol. The van der Waals surface area contributed by atoms with Gasteiger partial charge in [-0.05, 0) is 5.56 Å². The molecule has 1 saturated heterocycles. The highest BCUT2D eigenvalue weighted by atomic mass is 32.1. The minimum absolute atomic E-state index is 0.0231. The summed E-state index contributed by atoms with van der Waals surface area (Å²) in [5, 5.41) is 0. The minimum atomic E-state index is -0.498.